The van der Waals surface area contributed by atoms with Gasteiger partial charge in [-0.2, -0.15) is 0 Å². The molecular weight excluding hydrogens is 542 g/mol. The summed E-state index contributed by atoms with van der Waals surface area (Å²) in [6, 6.07) is 13.1. The second-order valence-corrected chi connectivity index (χ2v) is 14.2. The third kappa shape index (κ3) is 9.40. The van der Waals surface area contributed by atoms with Gasteiger partial charge in [-0.25, -0.2) is 0 Å². The largest absolute Gasteiger partial charge is 0.490 e. The fraction of sp³-hybridized carbons (Fsp3) is 0.694. The van der Waals surface area contributed by atoms with Crippen molar-refractivity contribution in [3.05, 3.63) is 42.0 Å². The van der Waals surface area contributed by atoms with Crippen molar-refractivity contribution in [3.8, 4) is 5.75 Å². The zero-order valence-corrected chi connectivity index (χ0v) is 26.8. The van der Waals surface area contributed by atoms with Gasteiger partial charge in [-0.1, -0.05) is 18.2 Å². The Balaban J connectivity index is 1.16. The molecule has 2 saturated carbocycles. The number of likely N-dealkylation sites (tertiary alicyclic amines) is 1. The minimum atomic E-state index is -0.705. The first-order valence-corrected chi connectivity index (χ1v) is 16.6. The Labute approximate surface area is 258 Å². The van der Waals surface area contributed by atoms with Crippen LogP contribution in [0.4, 0.5) is 0 Å². The van der Waals surface area contributed by atoms with E-state index < -0.39 is 5.97 Å². The van der Waals surface area contributed by atoms with Crippen molar-refractivity contribution >= 4 is 16.7 Å². The highest BCUT2D eigenvalue weighted by molar-refractivity contribution is 5.84. The number of nitrogens with zero attached hydrogens (tertiary/aromatic N) is 1. The summed E-state index contributed by atoms with van der Waals surface area (Å²) in [5.41, 5.74) is 1.15. The van der Waals surface area contributed by atoms with Crippen molar-refractivity contribution in [2.75, 3.05) is 26.9 Å². The van der Waals surface area contributed by atoms with Crippen LogP contribution in [0.5, 0.6) is 5.75 Å². The van der Waals surface area contributed by atoms with E-state index in [0.717, 1.165) is 83.4 Å². The number of benzene rings is 2. The highest BCUT2D eigenvalue weighted by Crippen LogP contribution is 2.33. The van der Waals surface area contributed by atoms with Crippen LogP contribution in [-0.4, -0.2) is 66.9 Å². The van der Waals surface area contributed by atoms with Gasteiger partial charge in [0, 0.05) is 33.2 Å². The number of carboxylic acid groups (broad SMARTS) is 1. The van der Waals surface area contributed by atoms with Gasteiger partial charge >= 0.3 is 5.97 Å². The predicted molar refractivity (Wildman–Crippen MR) is 169 cm³/mol. The summed E-state index contributed by atoms with van der Waals surface area (Å²) in [5.74, 6) is 1.14. The van der Waals surface area contributed by atoms with Gasteiger partial charge in [-0.05, 0) is 125 Å². The molecule has 1 saturated heterocycles. The maximum atomic E-state index is 11.8. The van der Waals surface area contributed by atoms with Crippen molar-refractivity contribution in [2.45, 2.75) is 116 Å². The lowest BCUT2D eigenvalue weighted by Gasteiger charge is -2.41. The van der Waals surface area contributed by atoms with Gasteiger partial charge in [0.05, 0.1) is 30.3 Å². The van der Waals surface area contributed by atoms with E-state index in [1.165, 1.54) is 16.3 Å². The van der Waals surface area contributed by atoms with Crippen LogP contribution in [0.25, 0.3) is 10.8 Å². The molecule has 2 aliphatic carbocycles. The summed E-state index contributed by atoms with van der Waals surface area (Å²) in [5, 5.41) is 12.1. The lowest BCUT2D eigenvalue weighted by atomic mass is 9.87. The molecule has 3 aliphatic rings. The van der Waals surface area contributed by atoms with E-state index in [1.807, 2.05) is 0 Å². The number of aliphatic carboxylic acids is 1. The van der Waals surface area contributed by atoms with Gasteiger partial charge in [0.15, 0.2) is 0 Å². The maximum absolute atomic E-state index is 11.8. The molecule has 238 valence electrons. The summed E-state index contributed by atoms with van der Waals surface area (Å²) in [6.45, 7) is 9.51. The van der Waals surface area contributed by atoms with Crippen LogP contribution in [0.3, 0.4) is 0 Å². The average molecular weight is 596 g/mol. The number of hydrogen-bond donors (Lipinski definition) is 1. The standard InChI is InChI=1S/C36H53NO6/c1-36(2,3)41-24-26-8-12-31(13-9-26)42-33-16-11-28-19-27(5-10-29(28)20-33)22-37-18-17-30(35(38)39)21-34(37)43-32-14-6-25(7-15-32)23-40-4/h5,10-11,16,19-20,25-26,30-32,34H,6-9,12-15,17-18,21-24H2,1-4H3,(H,38,39). The molecule has 2 unspecified atom stereocenters. The molecule has 2 atom stereocenters. The number of hydrogen-bond acceptors (Lipinski definition) is 6. The fourth-order valence-corrected chi connectivity index (χ4v) is 7.07. The predicted octanol–water partition coefficient (Wildman–Crippen LogP) is 7.44. The number of piperidine rings is 1. The lowest BCUT2D eigenvalue weighted by molar-refractivity contribution is -0.162. The summed E-state index contributed by atoms with van der Waals surface area (Å²) in [7, 11) is 1.77. The smallest absolute Gasteiger partial charge is 0.306 e. The third-order valence-corrected chi connectivity index (χ3v) is 9.66. The number of carbonyl (C=O) groups is 1. The van der Waals surface area contributed by atoms with Crippen LogP contribution < -0.4 is 4.74 Å². The van der Waals surface area contributed by atoms with Gasteiger partial charge in [0.25, 0.3) is 0 Å². The molecule has 2 aromatic rings. The summed E-state index contributed by atoms with van der Waals surface area (Å²) in [6.07, 6.45) is 10.2. The first kappa shape index (κ1) is 32.2. The van der Waals surface area contributed by atoms with Crippen LogP contribution >= 0.6 is 0 Å². The second-order valence-electron chi connectivity index (χ2n) is 14.2. The van der Waals surface area contributed by atoms with Gasteiger partial charge in [-0.15, -0.1) is 0 Å². The molecule has 1 N–H and O–H groups in total. The number of rotatable bonds is 11. The molecule has 0 spiro atoms. The van der Waals surface area contributed by atoms with Gasteiger partial charge in [-0.3, -0.25) is 9.69 Å². The van der Waals surface area contributed by atoms with E-state index in [0.29, 0.717) is 24.7 Å². The molecule has 3 fully saturated rings. The van der Waals surface area contributed by atoms with Crippen LogP contribution in [0, 0.1) is 17.8 Å². The molecule has 5 rings (SSSR count). The van der Waals surface area contributed by atoms with E-state index in [-0.39, 0.29) is 30.0 Å². The normalized spacial score (nSPS) is 29.0. The number of carboxylic acids is 1. The fourth-order valence-electron chi connectivity index (χ4n) is 7.07. The highest BCUT2D eigenvalue weighted by Gasteiger charge is 2.35. The molecule has 0 amide bonds. The Hall–Kier alpha value is -2.19. The zero-order chi connectivity index (χ0) is 30.4. The van der Waals surface area contributed by atoms with Gasteiger partial charge in [0.2, 0.25) is 0 Å². The SMILES string of the molecule is COCC1CCC(OC2CC(C(=O)O)CCN2Cc2ccc3cc(OC4CCC(COC(C)(C)C)CC4)ccc3c2)CC1. The Morgan fingerprint density at radius 2 is 1.51 bits per heavy atom. The minimum Gasteiger partial charge on any atom is -0.490 e. The van der Waals surface area contributed by atoms with E-state index in [9.17, 15) is 9.90 Å². The Kier molecular flexibility index (Phi) is 11.0. The maximum Gasteiger partial charge on any atom is 0.306 e. The second kappa shape index (κ2) is 14.7. The molecule has 0 aromatic heterocycles. The lowest BCUT2D eigenvalue weighted by Crippen LogP contribution is -2.47. The quantitative estimate of drug-likeness (QED) is 0.289. The monoisotopic (exact) mass is 595 g/mol. The number of ether oxygens (including phenoxy) is 4. The van der Waals surface area contributed by atoms with Crippen molar-refractivity contribution in [2.24, 2.45) is 17.8 Å². The molecule has 43 heavy (non-hydrogen) atoms. The van der Waals surface area contributed by atoms with Crippen LogP contribution in [0.2, 0.25) is 0 Å². The van der Waals surface area contributed by atoms with Crippen LogP contribution in [0.1, 0.15) is 90.5 Å². The summed E-state index contributed by atoms with van der Waals surface area (Å²) >= 11 is 0. The number of methoxy groups -OCH3 is 1. The minimum absolute atomic E-state index is 0.0748. The van der Waals surface area contributed by atoms with Crippen LogP contribution in [0.15, 0.2) is 36.4 Å². The first-order valence-electron chi connectivity index (χ1n) is 16.6. The third-order valence-electron chi connectivity index (χ3n) is 9.66. The Morgan fingerprint density at radius 1 is 0.860 bits per heavy atom. The molecule has 7 nitrogen and oxygen atoms in total. The molecule has 7 heteroatoms. The van der Waals surface area contributed by atoms with E-state index in [2.05, 4.69) is 62.1 Å². The number of fused-ring (bicyclic) bond motifs is 1. The van der Waals surface area contributed by atoms with Crippen molar-refractivity contribution in [1.29, 1.82) is 0 Å². The zero-order valence-electron chi connectivity index (χ0n) is 26.8. The molecular formula is C36H53NO6. The molecule has 0 bridgehead atoms. The topological polar surface area (TPSA) is 77.5 Å². The van der Waals surface area contributed by atoms with Crippen molar-refractivity contribution < 1.29 is 28.8 Å². The molecule has 0 radical (unpaired) electrons. The molecule has 1 heterocycles. The Morgan fingerprint density at radius 3 is 2.19 bits per heavy atom. The van der Waals surface area contributed by atoms with E-state index >= 15 is 0 Å². The van der Waals surface area contributed by atoms with Gasteiger partial charge in [0.1, 0.15) is 12.0 Å². The van der Waals surface area contributed by atoms with Crippen LogP contribution in [-0.2, 0) is 25.5 Å². The van der Waals surface area contributed by atoms with E-state index in [1.54, 1.807) is 7.11 Å². The molecule has 2 aromatic carbocycles. The van der Waals surface area contributed by atoms with Gasteiger partial charge < -0.3 is 24.1 Å². The van der Waals surface area contributed by atoms with Crippen molar-refractivity contribution in [3.63, 3.8) is 0 Å². The Bertz CT molecular complexity index is 1180. The molecule has 1 aliphatic heterocycles. The van der Waals surface area contributed by atoms with E-state index in [4.69, 9.17) is 18.9 Å². The first-order chi connectivity index (χ1) is 20.6. The average Bonchev–Trinajstić information content (AvgIpc) is 2.98. The summed E-state index contributed by atoms with van der Waals surface area (Å²) < 4.78 is 24.4. The van der Waals surface area contributed by atoms with Crippen molar-refractivity contribution in [1.82, 2.24) is 4.90 Å². The summed E-state index contributed by atoms with van der Waals surface area (Å²) in [4.78, 5) is 14.2. The highest BCUT2D eigenvalue weighted by atomic mass is 16.5.